The first-order chi connectivity index (χ1) is 8.54. The number of hydrogen-bond acceptors (Lipinski definition) is 6. The molecule has 9 heteroatoms. The van der Waals surface area contributed by atoms with E-state index in [1.807, 2.05) is 0 Å². The van der Waals surface area contributed by atoms with Crippen LogP contribution in [0.5, 0.6) is 0 Å². The Kier molecular flexibility index (Phi) is 4.39. The maximum atomic E-state index is 10.5. The van der Waals surface area contributed by atoms with Gasteiger partial charge in [-0.15, -0.1) is 21.5 Å². The number of carboxylic acids is 1. The van der Waals surface area contributed by atoms with E-state index in [0.29, 0.717) is 14.9 Å². The molecule has 0 fully saturated rings. The molecule has 0 atom stereocenters. The fraction of sp³-hybridized carbons (Fsp3) is 0.111. The summed E-state index contributed by atoms with van der Waals surface area (Å²) in [6.07, 6.45) is -0.0971. The smallest absolute Gasteiger partial charge is 0.309 e. The molecule has 0 aliphatic carbocycles. The Balaban J connectivity index is 2.16. The van der Waals surface area contributed by atoms with Gasteiger partial charge in [-0.2, -0.15) is 0 Å². The Morgan fingerprint density at radius 1 is 1.44 bits per heavy atom. The van der Waals surface area contributed by atoms with Crippen LogP contribution in [0.3, 0.4) is 0 Å². The second kappa shape index (κ2) is 5.83. The third-order valence-electron chi connectivity index (χ3n) is 1.75. The van der Waals surface area contributed by atoms with Gasteiger partial charge in [-0.1, -0.05) is 35.0 Å². The Labute approximate surface area is 120 Å². The molecule has 2 aromatic rings. The van der Waals surface area contributed by atoms with Gasteiger partial charge in [0.1, 0.15) is 0 Å². The summed E-state index contributed by atoms with van der Waals surface area (Å²) in [5, 5.41) is 18.1. The van der Waals surface area contributed by atoms with Crippen molar-refractivity contribution in [1.29, 1.82) is 0 Å². The van der Waals surface area contributed by atoms with Gasteiger partial charge in [0.05, 0.1) is 17.0 Å². The van der Waals surface area contributed by atoms with Crippen LogP contribution in [0, 0.1) is 0 Å². The highest BCUT2D eigenvalue weighted by Gasteiger charge is 2.11. The van der Waals surface area contributed by atoms with Gasteiger partial charge in [-0.25, -0.2) is 4.98 Å². The second-order valence-electron chi connectivity index (χ2n) is 3.10. The summed E-state index contributed by atoms with van der Waals surface area (Å²) in [5.74, 6) is -0.913. The monoisotopic (exact) mass is 321 g/mol. The van der Waals surface area contributed by atoms with Gasteiger partial charge >= 0.3 is 5.97 Å². The summed E-state index contributed by atoms with van der Waals surface area (Å²) in [6, 6.07) is 1.58. The Hall–Kier alpha value is -0.890. The van der Waals surface area contributed by atoms with Crippen LogP contribution in [0.25, 0.3) is 0 Å². The minimum Gasteiger partial charge on any atom is -0.481 e. The number of hydrogen-bond donors (Lipinski definition) is 1. The number of carboxylic acid groups (broad SMARTS) is 1. The van der Waals surface area contributed by atoms with Gasteiger partial charge in [0.15, 0.2) is 14.6 Å². The average Bonchev–Trinajstić information content (AvgIpc) is 2.70. The van der Waals surface area contributed by atoms with Crippen molar-refractivity contribution in [3.05, 3.63) is 27.4 Å². The molecule has 94 valence electrons. The number of nitrogens with zero attached hydrogens (tertiary/aromatic N) is 3. The van der Waals surface area contributed by atoms with Crippen LogP contribution in [0.1, 0.15) is 5.69 Å². The van der Waals surface area contributed by atoms with Gasteiger partial charge in [-0.3, -0.25) is 4.79 Å². The van der Waals surface area contributed by atoms with Gasteiger partial charge in [-0.05, 0) is 6.07 Å². The van der Waals surface area contributed by atoms with E-state index in [9.17, 15) is 4.79 Å². The Bertz CT molecular complexity index is 591. The molecule has 2 aromatic heterocycles. The quantitative estimate of drug-likeness (QED) is 0.932. The highest BCUT2D eigenvalue weighted by molar-refractivity contribution is 8.01. The fourth-order valence-electron chi connectivity index (χ4n) is 1.07. The van der Waals surface area contributed by atoms with Crippen molar-refractivity contribution in [3.8, 4) is 0 Å². The summed E-state index contributed by atoms with van der Waals surface area (Å²) in [6.45, 7) is 0. The summed E-state index contributed by atoms with van der Waals surface area (Å²) < 4.78 is 0.678. The zero-order chi connectivity index (χ0) is 13.1. The topological polar surface area (TPSA) is 76.0 Å². The van der Waals surface area contributed by atoms with Crippen molar-refractivity contribution in [2.24, 2.45) is 0 Å². The largest absolute Gasteiger partial charge is 0.481 e. The van der Waals surface area contributed by atoms with Crippen LogP contribution in [0.2, 0.25) is 10.3 Å². The number of halogens is 2. The molecular weight excluding hydrogens is 317 g/mol. The summed E-state index contributed by atoms with van der Waals surface area (Å²) in [5.41, 5.74) is 0.513. The maximum absolute atomic E-state index is 10.5. The number of thiazole rings is 1. The van der Waals surface area contributed by atoms with E-state index >= 15 is 0 Å². The third-order valence-corrected chi connectivity index (χ3v) is 4.34. The lowest BCUT2D eigenvalue weighted by molar-refractivity contribution is -0.136. The van der Waals surface area contributed by atoms with Crippen LogP contribution >= 0.6 is 46.3 Å². The van der Waals surface area contributed by atoms with Crippen molar-refractivity contribution in [1.82, 2.24) is 15.2 Å². The zero-order valence-corrected chi connectivity index (χ0v) is 11.8. The molecule has 5 nitrogen and oxygen atoms in total. The maximum Gasteiger partial charge on any atom is 0.309 e. The van der Waals surface area contributed by atoms with E-state index in [1.165, 1.54) is 23.1 Å². The lowest BCUT2D eigenvalue weighted by Gasteiger charge is -1.99. The van der Waals surface area contributed by atoms with Crippen molar-refractivity contribution in [3.63, 3.8) is 0 Å². The zero-order valence-electron chi connectivity index (χ0n) is 8.63. The third kappa shape index (κ3) is 3.55. The van der Waals surface area contributed by atoms with E-state index in [0.717, 1.165) is 0 Å². The van der Waals surface area contributed by atoms with E-state index in [4.69, 9.17) is 28.3 Å². The standard InChI is InChI=1S/C9H5Cl2N3O2S2/c10-6-2-5(8(11)14-13-6)18-9-12-4(3-17-9)1-7(15)16/h2-3H,1H2,(H,15,16). The minimum absolute atomic E-state index is 0.0971. The SMILES string of the molecule is O=C(O)Cc1csc(Sc2cc(Cl)nnc2Cl)n1. The van der Waals surface area contributed by atoms with Crippen LogP contribution < -0.4 is 0 Å². The first kappa shape index (κ1) is 13.5. The molecule has 0 saturated heterocycles. The average molecular weight is 322 g/mol. The molecule has 0 aromatic carbocycles. The fourth-order valence-corrected chi connectivity index (χ4v) is 3.29. The van der Waals surface area contributed by atoms with Crippen LogP contribution in [0.4, 0.5) is 0 Å². The van der Waals surface area contributed by atoms with Gasteiger partial charge in [0.2, 0.25) is 0 Å². The van der Waals surface area contributed by atoms with Crippen molar-refractivity contribution in [2.75, 3.05) is 0 Å². The highest BCUT2D eigenvalue weighted by Crippen LogP contribution is 2.34. The lowest BCUT2D eigenvalue weighted by Crippen LogP contribution is -1.99. The summed E-state index contributed by atoms with van der Waals surface area (Å²) in [7, 11) is 0. The summed E-state index contributed by atoms with van der Waals surface area (Å²) >= 11 is 14.2. The molecule has 0 amide bonds. The van der Waals surface area contributed by atoms with E-state index < -0.39 is 5.97 Å². The first-order valence-corrected chi connectivity index (χ1v) is 7.02. The molecule has 0 unspecified atom stereocenters. The molecule has 0 spiro atoms. The Morgan fingerprint density at radius 3 is 2.94 bits per heavy atom. The van der Waals surface area contributed by atoms with Gasteiger partial charge < -0.3 is 5.11 Å². The van der Waals surface area contributed by atoms with Crippen LogP contribution in [-0.4, -0.2) is 26.3 Å². The van der Waals surface area contributed by atoms with Gasteiger partial charge in [0.25, 0.3) is 0 Å². The first-order valence-electron chi connectivity index (χ1n) is 4.57. The number of aromatic nitrogens is 3. The van der Waals surface area contributed by atoms with Crippen molar-refractivity contribution in [2.45, 2.75) is 15.7 Å². The summed E-state index contributed by atoms with van der Waals surface area (Å²) in [4.78, 5) is 15.3. The molecular formula is C9H5Cl2N3O2S2. The number of aliphatic carboxylic acids is 1. The lowest BCUT2D eigenvalue weighted by atomic mass is 10.3. The predicted molar refractivity (Wildman–Crippen MR) is 69.6 cm³/mol. The molecule has 18 heavy (non-hydrogen) atoms. The molecule has 0 aliphatic rings. The number of rotatable bonds is 4. The van der Waals surface area contributed by atoms with E-state index in [-0.39, 0.29) is 16.7 Å². The van der Waals surface area contributed by atoms with Crippen molar-refractivity contribution >= 4 is 52.3 Å². The molecule has 1 N–H and O–H groups in total. The normalized spacial score (nSPS) is 10.6. The second-order valence-corrected chi connectivity index (χ2v) is 5.99. The predicted octanol–water partition coefficient (Wildman–Crippen LogP) is 3.02. The van der Waals surface area contributed by atoms with Crippen molar-refractivity contribution < 1.29 is 9.90 Å². The number of carbonyl (C=O) groups is 1. The van der Waals surface area contributed by atoms with Gasteiger partial charge in [0, 0.05) is 5.38 Å². The molecule has 0 bridgehead atoms. The molecule has 0 saturated carbocycles. The van der Waals surface area contributed by atoms with Crippen LogP contribution in [0.15, 0.2) is 20.7 Å². The minimum atomic E-state index is -0.913. The molecule has 2 rings (SSSR count). The van der Waals surface area contributed by atoms with E-state index in [1.54, 1.807) is 11.4 Å². The highest BCUT2D eigenvalue weighted by atomic mass is 35.5. The Morgan fingerprint density at radius 2 is 2.22 bits per heavy atom. The molecule has 2 heterocycles. The molecule has 0 aliphatic heterocycles. The van der Waals surface area contributed by atoms with Crippen LogP contribution in [-0.2, 0) is 11.2 Å². The van der Waals surface area contributed by atoms with E-state index in [2.05, 4.69) is 15.2 Å². The molecule has 0 radical (unpaired) electrons.